The van der Waals surface area contributed by atoms with Crippen molar-refractivity contribution in [3.63, 3.8) is 0 Å². The van der Waals surface area contributed by atoms with Crippen molar-refractivity contribution < 1.29 is 29.2 Å². The molecule has 2 saturated heterocycles. The Morgan fingerprint density at radius 3 is 2.77 bits per heavy atom. The standard InChI is InChI=1S/C14H16IN5O6/c1-14(2)25-7-6(5(21)12(22)23)24-11(8(7)26-14)20-3-17-4-9(16)18-13(15)19-10(4)20/h3,5-8,11,21H,1-2H3,(H,22,23)(H2,16,18,19)/t5-,6+,7+,8+,11+/m0/s1. The lowest BCUT2D eigenvalue weighted by Crippen LogP contribution is -2.42. The van der Waals surface area contributed by atoms with Crippen LogP contribution in [0.1, 0.15) is 20.1 Å². The lowest BCUT2D eigenvalue weighted by Gasteiger charge is -2.25. The number of nitrogens with zero attached hydrogens (tertiary/aromatic N) is 4. The van der Waals surface area contributed by atoms with Gasteiger partial charge in [0.25, 0.3) is 0 Å². The molecule has 0 unspecified atom stereocenters. The topological polar surface area (TPSA) is 155 Å². The Bertz CT molecular complexity index is 888. The number of aliphatic carboxylic acids is 1. The van der Waals surface area contributed by atoms with Gasteiger partial charge in [-0.3, -0.25) is 4.57 Å². The number of anilines is 1. The SMILES string of the molecule is CC1(C)O[C@H]2[C@@H](O1)[C@H](n1cnc3c(N)nc(I)nc31)O[C@@H]2[C@H](O)C(=O)O. The van der Waals surface area contributed by atoms with Crippen molar-refractivity contribution in [1.29, 1.82) is 0 Å². The summed E-state index contributed by atoms with van der Waals surface area (Å²) in [6.07, 6.45) is -3.62. The number of hydrogen-bond acceptors (Lipinski definition) is 9. The molecule has 2 fully saturated rings. The Morgan fingerprint density at radius 2 is 2.08 bits per heavy atom. The Labute approximate surface area is 160 Å². The first kappa shape index (κ1) is 17.8. The number of aliphatic hydroxyl groups is 1. The summed E-state index contributed by atoms with van der Waals surface area (Å²) in [5.74, 6) is -2.13. The van der Waals surface area contributed by atoms with Gasteiger partial charge in [-0.1, -0.05) is 0 Å². The molecular formula is C14H16IN5O6. The number of imidazole rings is 1. The van der Waals surface area contributed by atoms with Crippen molar-refractivity contribution in [2.75, 3.05) is 5.73 Å². The van der Waals surface area contributed by atoms with E-state index in [1.54, 1.807) is 18.4 Å². The highest BCUT2D eigenvalue weighted by molar-refractivity contribution is 14.1. The number of nitrogen functional groups attached to an aromatic ring is 1. The van der Waals surface area contributed by atoms with Gasteiger partial charge in [-0.05, 0) is 13.8 Å². The molecule has 2 aromatic heterocycles. The van der Waals surface area contributed by atoms with Crippen LogP contribution in [-0.2, 0) is 19.0 Å². The lowest BCUT2D eigenvalue weighted by atomic mass is 10.1. The van der Waals surface area contributed by atoms with E-state index in [9.17, 15) is 15.0 Å². The van der Waals surface area contributed by atoms with E-state index in [0.29, 0.717) is 15.0 Å². The van der Waals surface area contributed by atoms with Gasteiger partial charge in [0.2, 0.25) is 0 Å². The number of hydrogen-bond donors (Lipinski definition) is 3. The number of nitrogens with two attached hydrogens (primary N) is 1. The normalized spacial score (nSPS) is 31.2. The number of carboxylic acid groups (broad SMARTS) is 1. The van der Waals surface area contributed by atoms with E-state index in [-0.39, 0.29) is 5.82 Å². The maximum Gasteiger partial charge on any atom is 0.335 e. The number of carboxylic acids is 1. The average Bonchev–Trinajstić information content (AvgIpc) is 3.17. The molecule has 12 heteroatoms. The van der Waals surface area contributed by atoms with E-state index in [2.05, 4.69) is 15.0 Å². The Morgan fingerprint density at radius 1 is 1.38 bits per heavy atom. The molecule has 11 nitrogen and oxygen atoms in total. The van der Waals surface area contributed by atoms with Crippen molar-refractivity contribution in [1.82, 2.24) is 19.5 Å². The summed E-state index contributed by atoms with van der Waals surface area (Å²) in [6, 6.07) is 0. The summed E-state index contributed by atoms with van der Waals surface area (Å²) in [6.45, 7) is 3.42. The first-order valence-corrected chi connectivity index (χ1v) is 8.83. The Balaban J connectivity index is 1.78. The van der Waals surface area contributed by atoms with Crippen LogP contribution in [0.5, 0.6) is 0 Å². The molecule has 140 valence electrons. The Kier molecular flexibility index (Phi) is 4.07. The summed E-state index contributed by atoms with van der Waals surface area (Å²) in [4.78, 5) is 23.9. The first-order valence-electron chi connectivity index (χ1n) is 7.75. The van der Waals surface area contributed by atoms with Crippen molar-refractivity contribution in [2.45, 2.75) is 50.3 Å². The van der Waals surface area contributed by atoms with Crippen LogP contribution in [0.3, 0.4) is 0 Å². The van der Waals surface area contributed by atoms with E-state index >= 15 is 0 Å². The van der Waals surface area contributed by atoms with Crippen LogP contribution >= 0.6 is 22.6 Å². The number of aromatic nitrogens is 4. The smallest absolute Gasteiger partial charge is 0.335 e. The summed E-state index contributed by atoms with van der Waals surface area (Å²) < 4.78 is 19.5. The van der Waals surface area contributed by atoms with Crippen molar-refractivity contribution >= 4 is 45.5 Å². The van der Waals surface area contributed by atoms with Crippen LogP contribution < -0.4 is 5.73 Å². The van der Waals surface area contributed by atoms with Crippen LogP contribution in [0.25, 0.3) is 11.2 Å². The number of rotatable bonds is 3. The monoisotopic (exact) mass is 477 g/mol. The maximum absolute atomic E-state index is 11.2. The predicted octanol–water partition coefficient (Wildman–Crippen LogP) is -0.124. The molecule has 2 aliphatic rings. The highest BCUT2D eigenvalue weighted by Crippen LogP contribution is 2.44. The van der Waals surface area contributed by atoms with Gasteiger partial charge in [0, 0.05) is 22.6 Å². The average molecular weight is 477 g/mol. The maximum atomic E-state index is 11.2. The number of fused-ring (bicyclic) bond motifs is 2. The fourth-order valence-corrected chi connectivity index (χ4v) is 3.81. The summed E-state index contributed by atoms with van der Waals surface area (Å²) in [5, 5.41) is 19.2. The van der Waals surface area contributed by atoms with Gasteiger partial charge in [0.05, 0.1) is 6.33 Å². The molecule has 4 rings (SSSR count). The van der Waals surface area contributed by atoms with Gasteiger partial charge < -0.3 is 30.2 Å². The van der Waals surface area contributed by atoms with Crippen LogP contribution in [0.2, 0.25) is 0 Å². The van der Waals surface area contributed by atoms with Gasteiger partial charge in [0.1, 0.15) is 23.8 Å². The number of aliphatic hydroxyl groups excluding tert-OH is 1. The zero-order valence-corrected chi connectivity index (χ0v) is 15.9. The zero-order valence-electron chi connectivity index (χ0n) is 13.7. The van der Waals surface area contributed by atoms with Crippen molar-refractivity contribution in [3.8, 4) is 0 Å². The molecule has 0 aliphatic carbocycles. The van der Waals surface area contributed by atoms with Gasteiger partial charge >= 0.3 is 5.97 Å². The predicted molar refractivity (Wildman–Crippen MR) is 93.8 cm³/mol. The van der Waals surface area contributed by atoms with E-state index in [0.717, 1.165) is 0 Å². The first-order chi connectivity index (χ1) is 12.2. The lowest BCUT2D eigenvalue weighted by molar-refractivity contribution is -0.210. The third kappa shape index (κ3) is 2.72. The van der Waals surface area contributed by atoms with Crippen LogP contribution in [0.15, 0.2) is 6.33 Å². The minimum absolute atomic E-state index is 0.221. The molecule has 26 heavy (non-hydrogen) atoms. The molecule has 0 amide bonds. The van der Waals surface area contributed by atoms with Gasteiger partial charge in [-0.15, -0.1) is 0 Å². The van der Waals surface area contributed by atoms with Gasteiger partial charge in [-0.2, -0.15) is 0 Å². The summed E-state index contributed by atoms with van der Waals surface area (Å²) in [5.41, 5.74) is 6.70. The third-order valence-corrected chi connectivity index (χ3v) is 4.81. The summed E-state index contributed by atoms with van der Waals surface area (Å²) >= 11 is 1.93. The second kappa shape index (κ2) is 5.95. The molecule has 4 N–H and O–H groups in total. The number of ether oxygens (including phenoxy) is 3. The fourth-order valence-electron chi connectivity index (χ4n) is 3.32. The second-order valence-electron chi connectivity index (χ2n) is 6.54. The third-order valence-electron chi connectivity index (χ3n) is 4.32. The largest absolute Gasteiger partial charge is 0.479 e. The van der Waals surface area contributed by atoms with E-state index in [1.807, 2.05) is 22.6 Å². The van der Waals surface area contributed by atoms with Gasteiger partial charge in [0.15, 0.2) is 33.4 Å². The Hall–Kier alpha value is -1.61. The number of carbonyl (C=O) groups is 1. The molecule has 0 spiro atoms. The number of halogens is 1. The molecular weight excluding hydrogens is 461 g/mol. The van der Waals surface area contributed by atoms with Crippen LogP contribution in [-0.4, -0.2) is 65.9 Å². The van der Waals surface area contributed by atoms with Crippen molar-refractivity contribution in [3.05, 3.63) is 10.2 Å². The van der Waals surface area contributed by atoms with E-state index in [1.165, 1.54) is 6.33 Å². The van der Waals surface area contributed by atoms with Crippen molar-refractivity contribution in [2.24, 2.45) is 0 Å². The molecule has 0 radical (unpaired) electrons. The fraction of sp³-hybridized carbons (Fsp3) is 0.571. The minimum atomic E-state index is -1.76. The molecule has 5 atom stereocenters. The molecule has 0 aromatic carbocycles. The minimum Gasteiger partial charge on any atom is -0.479 e. The second-order valence-corrected chi connectivity index (χ2v) is 7.51. The molecule has 0 saturated carbocycles. The highest BCUT2D eigenvalue weighted by atomic mass is 127. The quantitative estimate of drug-likeness (QED) is 0.403. The van der Waals surface area contributed by atoms with Crippen LogP contribution in [0, 0.1) is 3.83 Å². The molecule has 2 aliphatic heterocycles. The van der Waals surface area contributed by atoms with E-state index in [4.69, 9.17) is 19.9 Å². The zero-order chi connectivity index (χ0) is 18.8. The molecule has 4 heterocycles. The highest BCUT2D eigenvalue weighted by Gasteiger charge is 2.59. The summed E-state index contributed by atoms with van der Waals surface area (Å²) in [7, 11) is 0. The van der Waals surface area contributed by atoms with E-state index < -0.39 is 42.4 Å². The van der Waals surface area contributed by atoms with Crippen LogP contribution in [0.4, 0.5) is 5.82 Å². The molecule has 2 aromatic rings. The molecule has 0 bridgehead atoms. The van der Waals surface area contributed by atoms with Gasteiger partial charge in [-0.25, -0.2) is 19.7 Å².